The summed E-state index contributed by atoms with van der Waals surface area (Å²) in [5.74, 6) is 0. The van der Waals surface area contributed by atoms with Gasteiger partial charge in [-0.05, 0) is 52.0 Å². The molecular weight excluding hydrogens is 252 g/mol. The van der Waals surface area contributed by atoms with Crippen molar-refractivity contribution in [1.29, 1.82) is 0 Å². The Balaban J connectivity index is 2.00. The van der Waals surface area contributed by atoms with Crippen molar-refractivity contribution in [3.05, 3.63) is 3.95 Å². The van der Waals surface area contributed by atoms with Crippen LogP contribution in [0.4, 0.5) is 5.13 Å². The van der Waals surface area contributed by atoms with Gasteiger partial charge < -0.3 is 5.32 Å². The zero-order chi connectivity index (χ0) is 12.3. The van der Waals surface area contributed by atoms with Crippen LogP contribution in [0.25, 0.3) is 0 Å². The number of nitrogens with one attached hydrogen (secondary N) is 1. The summed E-state index contributed by atoms with van der Waals surface area (Å²) in [6, 6.07) is 0.402. The maximum Gasteiger partial charge on any atom is 0.204 e. The van der Waals surface area contributed by atoms with E-state index in [1.54, 1.807) is 11.3 Å². The maximum absolute atomic E-state index is 5.35. The third-order valence-corrected chi connectivity index (χ3v) is 4.04. The SMILES string of the molecule is CC(C)Nc1nn(CN2CCCCC2)c(=S)s1. The average molecular weight is 272 g/mol. The van der Waals surface area contributed by atoms with Gasteiger partial charge in [0, 0.05) is 6.04 Å². The second-order valence-electron chi connectivity index (χ2n) is 4.79. The highest BCUT2D eigenvalue weighted by molar-refractivity contribution is 7.73. The van der Waals surface area contributed by atoms with E-state index in [0.29, 0.717) is 6.04 Å². The fraction of sp³-hybridized carbons (Fsp3) is 0.818. The second-order valence-corrected chi connectivity index (χ2v) is 6.41. The molecule has 1 aliphatic rings. The van der Waals surface area contributed by atoms with E-state index >= 15 is 0 Å². The molecule has 0 unspecified atom stereocenters. The quantitative estimate of drug-likeness (QED) is 0.854. The van der Waals surface area contributed by atoms with Gasteiger partial charge in [-0.25, -0.2) is 4.68 Å². The lowest BCUT2D eigenvalue weighted by Crippen LogP contribution is -2.32. The number of likely N-dealkylation sites (tertiary alicyclic amines) is 1. The molecule has 0 amide bonds. The van der Waals surface area contributed by atoms with E-state index in [1.807, 2.05) is 4.68 Å². The molecule has 0 bridgehead atoms. The summed E-state index contributed by atoms with van der Waals surface area (Å²) in [6.45, 7) is 7.41. The summed E-state index contributed by atoms with van der Waals surface area (Å²) in [4.78, 5) is 2.43. The van der Waals surface area contributed by atoms with Gasteiger partial charge in [0.25, 0.3) is 0 Å². The third kappa shape index (κ3) is 3.76. The van der Waals surface area contributed by atoms with Gasteiger partial charge in [-0.2, -0.15) is 0 Å². The van der Waals surface area contributed by atoms with Gasteiger partial charge >= 0.3 is 0 Å². The van der Waals surface area contributed by atoms with E-state index < -0.39 is 0 Å². The number of anilines is 1. The Hall–Kier alpha value is -0.460. The molecule has 2 rings (SSSR count). The Bertz CT molecular complexity index is 404. The molecule has 1 aliphatic heterocycles. The first-order valence-electron chi connectivity index (χ1n) is 6.22. The van der Waals surface area contributed by atoms with E-state index in [1.165, 1.54) is 32.4 Å². The third-order valence-electron chi connectivity index (χ3n) is 2.80. The van der Waals surface area contributed by atoms with E-state index in [-0.39, 0.29) is 0 Å². The average Bonchev–Trinajstić information content (AvgIpc) is 2.59. The summed E-state index contributed by atoms with van der Waals surface area (Å²) in [5.41, 5.74) is 0. The van der Waals surface area contributed by atoms with E-state index in [4.69, 9.17) is 12.2 Å². The Labute approximate surface area is 112 Å². The molecule has 6 heteroatoms. The van der Waals surface area contributed by atoms with Crippen LogP contribution in [0, 0.1) is 3.95 Å². The molecule has 96 valence electrons. The normalized spacial score (nSPS) is 17.6. The molecule has 4 nitrogen and oxygen atoms in total. The molecule has 0 spiro atoms. The molecule has 0 atom stereocenters. The molecule has 1 saturated heterocycles. The van der Waals surface area contributed by atoms with Crippen molar-refractivity contribution < 1.29 is 0 Å². The number of rotatable bonds is 4. The van der Waals surface area contributed by atoms with Crippen LogP contribution in [0.5, 0.6) is 0 Å². The summed E-state index contributed by atoms with van der Waals surface area (Å²) in [6.07, 6.45) is 3.96. The van der Waals surface area contributed by atoms with Crippen LogP contribution < -0.4 is 5.32 Å². The van der Waals surface area contributed by atoms with Gasteiger partial charge in [0.2, 0.25) is 5.13 Å². The Morgan fingerprint density at radius 1 is 1.35 bits per heavy atom. The van der Waals surface area contributed by atoms with Crippen molar-refractivity contribution in [2.24, 2.45) is 0 Å². The van der Waals surface area contributed by atoms with Crippen molar-refractivity contribution >= 4 is 28.7 Å². The molecule has 0 aromatic carbocycles. The smallest absolute Gasteiger partial charge is 0.204 e. The Morgan fingerprint density at radius 2 is 2.06 bits per heavy atom. The van der Waals surface area contributed by atoms with E-state index in [0.717, 1.165) is 15.8 Å². The summed E-state index contributed by atoms with van der Waals surface area (Å²) >= 11 is 6.91. The lowest BCUT2D eigenvalue weighted by Gasteiger charge is -2.25. The van der Waals surface area contributed by atoms with Crippen molar-refractivity contribution in [1.82, 2.24) is 14.7 Å². The molecule has 17 heavy (non-hydrogen) atoms. The zero-order valence-corrected chi connectivity index (χ0v) is 12.1. The van der Waals surface area contributed by atoms with Crippen LogP contribution in [0.1, 0.15) is 33.1 Å². The van der Waals surface area contributed by atoms with Crippen LogP contribution in [-0.2, 0) is 6.67 Å². The van der Waals surface area contributed by atoms with Gasteiger partial charge in [0.1, 0.15) is 0 Å². The molecule has 0 saturated carbocycles. The minimum atomic E-state index is 0.402. The fourth-order valence-corrected chi connectivity index (χ4v) is 3.13. The summed E-state index contributed by atoms with van der Waals surface area (Å²) < 4.78 is 2.80. The Kier molecular flexibility index (Phi) is 4.53. The first-order chi connectivity index (χ1) is 8.15. The highest BCUT2D eigenvalue weighted by Gasteiger charge is 2.12. The van der Waals surface area contributed by atoms with Gasteiger partial charge in [-0.15, -0.1) is 5.10 Å². The van der Waals surface area contributed by atoms with Crippen LogP contribution >= 0.6 is 23.6 Å². The van der Waals surface area contributed by atoms with Crippen LogP contribution in [-0.4, -0.2) is 33.8 Å². The summed E-state index contributed by atoms with van der Waals surface area (Å²) in [5, 5.41) is 8.76. The minimum Gasteiger partial charge on any atom is -0.358 e. The van der Waals surface area contributed by atoms with Crippen molar-refractivity contribution in [2.45, 2.75) is 45.8 Å². The first-order valence-corrected chi connectivity index (χ1v) is 7.44. The number of nitrogens with zero attached hydrogens (tertiary/aromatic N) is 3. The highest BCUT2D eigenvalue weighted by Crippen LogP contribution is 2.17. The molecule has 1 N–H and O–H groups in total. The zero-order valence-electron chi connectivity index (χ0n) is 10.5. The van der Waals surface area contributed by atoms with Gasteiger partial charge in [-0.1, -0.05) is 17.8 Å². The minimum absolute atomic E-state index is 0.402. The molecule has 1 aromatic heterocycles. The molecular formula is C11H20N4S2. The van der Waals surface area contributed by atoms with Gasteiger partial charge in [0.15, 0.2) is 3.95 Å². The lowest BCUT2D eigenvalue weighted by atomic mass is 10.1. The molecule has 2 heterocycles. The highest BCUT2D eigenvalue weighted by atomic mass is 32.1. The van der Waals surface area contributed by atoms with E-state index in [2.05, 4.69) is 29.2 Å². The van der Waals surface area contributed by atoms with Crippen molar-refractivity contribution in [2.75, 3.05) is 18.4 Å². The number of piperidine rings is 1. The number of aromatic nitrogens is 2. The molecule has 0 radical (unpaired) electrons. The molecule has 0 aliphatic carbocycles. The fourth-order valence-electron chi connectivity index (χ4n) is 1.99. The Morgan fingerprint density at radius 3 is 2.71 bits per heavy atom. The number of hydrogen-bond donors (Lipinski definition) is 1. The molecule has 1 fully saturated rings. The number of hydrogen-bond acceptors (Lipinski definition) is 5. The first kappa shape index (κ1) is 13.0. The van der Waals surface area contributed by atoms with Gasteiger partial charge in [0.05, 0.1) is 6.67 Å². The second kappa shape index (κ2) is 5.93. The maximum atomic E-state index is 5.35. The van der Waals surface area contributed by atoms with Crippen molar-refractivity contribution in [3.8, 4) is 0 Å². The molecule has 1 aromatic rings. The van der Waals surface area contributed by atoms with Crippen LogP contribution in [0.3, 0.4) is 0 Å². The summed E-state index contributed by atoms with van der Waals surface area (Å²) in [7, 11) is 0. The monoisotopic (exact) mass is 272 g/mol. The van der Waals surface area contributed by atoms with Crippen LogP contribution in [0.15, 0.2) is 0 Å². The predicted molar refractivity (Wildman–Crippen MR) is 75.1 cm³/mol. The van der Waals surface area contributed by atoms with Crippen molar-refractivity contribution in [3.63, 3.8) is 0 Å². The van der Waals surface area contributed by atoms with Crippen LogP contribution in [0.2, 0.25) is 0 Å². The topological polar surface area (TPSA) is 33.1 Å². The lowest BCUT2D eigenvalue weighted by molar-refractivity contribution is 0.173. The predicted octanol–water partition coefficient (Wildman–Crippen LogP) is 2.94. The standard InChI is InChI=1S/C11H20N4S2/c1-9(2)12-10-13-15(11(16)17-10)8-14-6-4-3-5-7-14/h9H,3-8H2,1-2H3,(H,12,13). The van der Waals surface area contributed by atoms with Gasteiger partial charge in [-0.3, -0.25) is 4.90 Å². The van der Waals surface area contributed by atoms with E-state index in [9.17, 15) is 0 Å². The largest absolute Gasteiger partial charge is 0.358 e.